The molecule has 29 heavy (non-hydrogen) atoms. The first-order chi connectivity index (χ1) is 13.7. The van der Waals surface area contributed by atoms with Crippen LogP contribution in [0.2, 0.25) is 0 Å². The normalized spacial score (nSPS) is 19.0. The Bertz CT molecular complexity index is 832. The number of hydrogen-bond acceptors (Lipinski definition) is 4. The van der Waals surface area contributed by atoms with Gasteiger partial charge in [0.1, 0.15) is 17.4 Å². The van der Waals surface area contributed by atoms with Crippen LogP contribution in [0.1, 0.15) is 62.3 Å². The summed E-state index contributed by atoms with van der Waals surface area (Å²) >= 11 is 0. The summed E-state index contributed by atoms with van der Waals surface area (Å²) in [6.07, 6.45) is 6.07. The zero-order chi connectivity index (χ0) is 19.3. The molecule has 0 radical (unpaired) electrons. The Hall–Kier alpha value is -1.84. The summed E-state index contributed by atoms with van der Waals surface area (Å²) in [5.41, 5.74) is 1.12. The van der Waals surface area contributed by atoms with Crippen LogP contribution in [0.5, 0.6) is 5.75 Å². The molecule has 1 aromatic carbocycles. The molecule has 2 aromatic rings. The molecule has 2 heterocycles. The smallest absolute Gasteiger partial charge is 0.192 e. The number of aryl methyl sites for hydroxylation is 2. The van der Waals surface area contributed by atoms with Gasteiger partial charge in [-0.3, -0.25) is 0 Å². The molecule has 7 nitrogen and oxygen atoms in total. The average Bonchev–Trinajstić information content (AvgIpc) is 3.05. The van der Waals surface area contributed by atoms with E-state index in [0.29, 0.717) is 12.6 Å². The summed E-state index contributed by atoms with van der Waals surface area (Å²) < 4.78 is 8.16. The first-order valence-electron chi connectivity index (χ1n) is 10.4. The number of nitrogens with one attached hydrogen (secondary N) is 2. The monoisotopic (exact) mass is 510 g/mol. The fourth-order valence-corrected chi connectivity index (χ4v) is 3.67. The van der Waals surface area contributed by atoms with E-state index >= 15 is 0 Å². The lowest BCUT2D eigenvalue weighted by Crippen LogP contribution is -2.41. The molecule has 2 N–H and O–H groups in total. The third kappa shape index (κ3) is 5.40. The van der Waals surface area contributed by atoms with E-state index in [1.54, 1.807) is 0 Å². The van der Waals surface area contributed by atoms with Crippen LogP contribution in [0.4, 0.5) is 0 Å². The standard InChI is InChI=1S/C21H30N6O.HI/c1-3-22-21(25-18-11-7-13-27-20(18)24-15(2)26-27)23-14-16-8-4-5-12-19(16)28-17-9-6-10-17;/h4-5,8,12,17-18H,3,6-7,9-11,13-14H2,1-2H3,(H2,22,23,25);1H. The van der Waals surface area contributed by atoms with Gasteiger partial charge in [-0.05, 0) is 52.0 Å². The summed E-state index contributed by atoms with van der Waals surface area (Å²) in [4.78, 5) is 9.44. The number of benzene rings is 1. The minimum atomic E-state index is 0. The van der Waals surface area contributed by atoms with Crippen LogP contribution in [-0.2, 0) is 13.1 Å². The van der Waals surface area contributed by atoms with E-state index in [4.69, 9.17) is 9.73 Å². The van der Waals surface area contributed by atoms with Crippen molar-refractivity contribution in [1.82, 2.24) is 25.4 Å². The van der Waals surface area contributed by atoms with Gasteiger partial charge in [0, 0.05) is 18.7 Å². The summed E-state index contributed by atoms with van der Waals surface area (Å²) in [6.45, 7) is 6.36. The lowest BCUT2D eigenvalue weighted by atomic mass is 9.96. The molecule has 0 bridgehead atoms. The second kappa shape index (κ2) is 10.3. The van der Waals surface area contributed by atoms with Crippen molar-refractivity contribution in [2.45, 2.75) is 71.2 Å². The molecule has 1 fully saturated rings. The molecule has 0 amide bonds. The Morgan fingerprint density at radius 2 is 2.07 bits per heavy atom. The number of hydrogen-bond donors (Lipinski definition) is 2. The highest BCUT2D eigenvalue weighted by molar-refractivity contribution is 14.0. The number of halogens is 1. The molecule has 1 aliphatic carbocycles. The molecule has 1 atom stereocenters. The van der Waals surface area contributed by atoms with Crippen molar-refractivity contribution in [3.05, 3.63) is 41.5 Å². The molecule has 0 spiro atoms. The van der Waals surface area contributed by atoms with Crippen LogP contribution in [-0.4, -0.2) is 33.4 Å². The van der Waals surface area contributed by atoms with Gasteiger partial charge in [0.2, 0.25) is 0 Å². The largest absolute Gasteiger partial charge is 0.490 e. The van der Waals surface area contributed by atoms with Crippen molar-refractivity contribution in [2.75, 3.05) is 6.54 Å². The second-order valence-electron chi connectivity index (χ2n) is 7.55. The first kappa shape index (κ1) is 21.9. The SMILES string of the molecule is CCNC(=NCc1ccccc1OC1CCC1)NC1CCCn2nc(C)nc21.I. The molecule has 1 aliphatic heterocycles. The molecule has 1 aromatic heterocycles. The van der Waals surface area contributed by atoms with Gasteiger partial charge in [-0.1, -0.05) is 18.2 Å². The minimum Gasteiger partial charge on any atom is -0.490 e. The van der Waals surface area contributed by atoms with Crippen molar-refractivity contribution in [3.63, 3.8) is 0 Å². The van der Waals surface area contributed by atoms with Gasteiger partial charge in [-0.15, -0.1) is 24.0 Å². The average molecular weight is 510 g/mol. The Morgan fingerprint density at radius 1 is 1.24 bits per heavy atom. The highest BCUT2D eigenvalue weighted by Crippen LogP contribution is 2.28. The summed E-state index contributed by atoms with van der Waals surface area (Å²) in [5, 5.41) is 11.4. The molecular weight excluding hydrogens is 479 g/mol. The molecule has 1 unspecified atom stereocenters. The maximum atomic E-state index is 6.14. The molecule has 2 aliphatic rings. The van der Waals surface area contributed by atoms with Crippen LogP contribution < -0.4 is 15.4 Å². The highest BCUT2D eigenvalue weighted by atomic mass is 127. The number of ether oxygens (including phenoxy) is 1. The van der Waals surface area contributed by atoms with Gasteiger partial charge in [0.15, 0.2) is 5.96 Å². The molecule has 4 rings (SSSR count). The lowest BCUT2D eigenvalue weighted by Gasteiger charge is -2.27. The van der Waals surface area contributed by atoms with E-state index in [9.17, 15) is 0 Å². The van der Waals surface area contributed by atoms with E-state index in [1.165, 1.54) is 6.42 Å². The first-order valence-corrected chi connectivity index (χ1v) is 10.4. The number of guanidine groups is 1. The Labute approximate surface area is 189 Å². The van der Waals surface area contributed by atoms with Crippen molar-refractivity contribution in [3.8, 4) is 5.75 Å². The van der Waals surface area contributed by atoms with E-state index in [0.717, 1.165) is 67.7 Å². The second-order valence-corrected chi connectivity index (χ2v) is 7.55. The number of rotatable bonds is 6. The quantitative estimate of drug-likeness (QED) is 0.352. The maximum Gasteiger partial charge on any atom is 0.192 e. The van der Waals surface area contributed by atoms with Crippen LogP contribution >= 0.6 is 24.0 Å². The van der Waals surface area contributed by atoms with Gasteiger partial charge in [-0.2, -0.15) is 5.10 Å². The molecule has 1 saturated carbocycles. The fraction of sp³-hybridized carbons (Fsp3) is 0.571. The number of nitrogens with zero attached hydrogens (tertiary/aromatic N) is 4. The van der Waals surface area contributed by atoms with E-state index in [1.807, 2.05) is 23.7 Å². The lowest BCUT2D eigenvalue weighted by molar-refractivity contribution is 0.119. The van der Waals surface area contributed by atoms with Gasteiger partial charge < -0.3 is 15.4 Å². The zero-order valence-corrected chi connectivity index (χ0v) is 19.6. The predicted molar refractivity (Wildman–Crippen MR) is 125 cm³/mol. The van der Waals surface area contributed by atoms with Crippen molar-refractivity contribution in [1.29, 1.82) is 0 Å². The Kier molecular flexibility index (Phi) is 7.74. The summed E-state index contributed by atoms with van der Waals surface area (Å²) in [7, 11) is 0. The van der Waals surface area contributed by atoms with Crippen LogP contribution in [0.3, 0.4) is 0 Å². The fourth-order valence-electron chi connectivity index (χ4n) is 3.67. The predicted octanol–water partition coefficient (Wildman–Crippen LogP) is 3.73. The van der Waals surface area contributed by atoms with Gasteiger partial charge in [0.25, 0.3) is 0 Å². The minimum absolute atomic E-state index is 0. The van der Waals surface area contributed by atoms with Gasteiger partial charge in [-0.25, -0.2) is 14.7 Å². The number of aliphatic imine (C=N–C) groups is 1. The maximum absolute atomic E-state index is 6.14. The van der Waals surface area contributed by atoms with Crippen LogP contribution in [0.25, 0.3) is 0 Å². The van der Waals surface area contributed by atoms with Crippen LogP contribution in [0.15, 0.2) is 29.3 Å². The molecule has 0 saturated heterocycles. The number of aromatic nitrogens is 3. The highest BCUT2D eigenvalue weighted by Gasteiger charge is 2.24. The Morgan fingerprint density at radius 3 is 2.83 bits per heavy atom. The molecule has 158 valence electrons. The molecule has 8 heteroatoms. The van der Waals surface area contributed by atoms with E-state index < -0.39 is 0 Å². The molecular formula is C21H31IN6O. The third-order valence-electron chi connectivity index (χ3n) is 5.36. The number of fused-ring (bicyclic) bond motifs is 1. The van der Waals surface area contributed by atoms with Crippen molar-refractivity contribution < 1.29 is 4.74 Å². The van der Waals surface area contributed by atoms with E-state index in [-0.39, 0.29) is 30.0 Å². The Balaban J connectivity index is 0.00000240. The van der Waals surface area contributed by atoms with Crippen molar-refractivity contribution in [2.24, 2.45) is 4.99 Å². The summed E-state index contributed by atoms with van der Waals surface area (Å²) in [5.74, 6) is 3.59. The third-order valence-corrected chi connectivity index (χ3v) is 5.36. The van der Waals surface area contributed by atoms with Gasteiger partial charge in [0.05, 0.1) is 18.7 Å². The topological polar surface area (TPSA) is 76.4 Å². The zero-order valence-electron chi connectivity index (χ0n) is 17.2. The number of para-hydroxylation sites is 1. The van der Waals surface area contributed by atoms with Crippen LogP contribution in [0, 0.1) is 6.92 Å². The summed E-state index contributed by atoms with van der Waals surface area (Å²) in [6, 6.07) is 8.36. The van der Waals surface area contributed by atoms with Crippen molar-refractivity contribution >= 4 is 29.9 Å². The van der Waals surface area contributed by atoms with E-state index in [2.05, 4.69) is 39.8 Å². The van der Waals surface area contributed by atoms with Gasteiger partial charge >= 0.3 is 0 Å².